The van der Waals surface area contributed by atoms with Crippen LogP contribution in [0.1, 0.15) is 120 Å². The van der Waals surface area contributed by atoms with E-state index < -0.39 is 154 Å². The van der Waals surface area contributed by atoms with Gasteiger partial charge in [-0.2, -0.15) is 0 Å². The zero-order valence-corrected chi connectivity index (χ0v) is 45.3. The van der Waals surface area contributed by atoms with Crippen LogP contribution < -0.4 is 0 Å². The van der Waals surface area contributed by atoms with E-state index in [1.807, 2.05) is 0 Å². The largest absolute Gasteiger partial charge is 0.479 e. The topological polar surface area (TPSA) is 354 Å². The van der Waals surface area contributed by atoms with Crippen molar-refractivity contribution in [3.63, 3.8) is 0 Å². The Balaban J connectivity index is 1.02. The second kappa shape index (κ2) is 21.0. The van der Waals surface area contributed by atoms with E-state index in [0.717, 1.165) is 51.4 Å². The summed E-state index contributed by atoms with van der Waals surface area (Å²) in [6.07, 6.45) is -27.7. The fraction of sp³-hybridized carbons (Fsp3) is 0.944. The Kier molecular flexibility index (Phi) is 16.3. The maximum absolute atomic E-state index is 12.7. The summed E-state index contributed by atoms with van der Waals surface area (Å²) < 4.78 is 49.1. The van der Waals surface area contributed by atoms with E-state index in [1.165, 1.54) is 12.5 Å². The van der Waals surface area contributed by atoms with Crippen LogP contribution in [0.5, 0.6) is 0 Å². The number of ether oxygens (including phenoxy) is 8. The summed E-state index contributed by atoms with van der Waals surface area (Å²) in [5, 5.41) is 142. The molecule has 5 aliphatic carbocycles. The number of carboxylic acid groups (broad SMARTS) is 1. The molecule has 436 valence electrons. The molecule has 22 nitrogen and oxygen atoms in total. The first kappa shape index (κ1) is 59.0. The van der Waals surface area contributed by atoms with Gasteiger partial charge in [-0.3, -0.25) is 0 Å². The standard InChI is InChI=1S/C54H88O22/c1-22-31(58)34(61)38(65)45(69-22)76-43-40(73-46-39(66)35(62)32(59)25(20-55)70-46)33(60)26(21-56)71-48(43)75-42-37(64)36(63)41(44(67)68)74-47(42)72-30-13-14-52(7)27(50(30,4)5)12-15-54(9)28(52)11-10-23-24-18-49(2,3)19-29(57)51(24,6)16-17-53(23,54)8/h10,22,24-43,45-48,55-66H,11-21H2,1-9H3,(H,67,68)/t22-,24-,25+,26+,27?,28?,29+,30-,31-,32+,33-,34+,35-,36-,37-,38+,39+,40-,41-,42+,43+,45-,46-,47+,48-,51+,52-,53+,54+/m0/s1. The molecule has 0 aromatic heterocycles. The van der Waals surface area contributed by atoms with E-state index in [9.17, 15) is 71.2 Å². The first-order valence-corrected chi connectivity index (χ1v) is 27.6. The van der Waals surface area contributed by atoms with E-state index in [0.29, 0.717) is 12.3 Å². The smallest absolute Gasteiger partial charge is 0.335 e. The molecule has 0 aromatic rings. The highest BCUT2D eigenvalue weighted by atomic mass is 16.8. The molecule has 76 heavy (non-hydrogen) atoms. The molecule has 4 heterocycles. The number of aliphatic hydroxyl groups excluding tert-OH is 12. The van der Waals surface area contributed by atoms with Crippen molar-refractivity contribution in [3.05, 3.63) is 11.6 Å². The molecule has 0 amide bonds. The Morgan fingerprint density at radius 3 is 1.79 bits per heavy atom. The average Bonchev–Trinajstić information content (AvgIpc) is 3.53. The van der Waals surface area contributed by atoms with E-state index in [1.54, 1.807) is 0 Å². The maximum atomic E-state index is 12.7. The van der Waals surface area contributed by atoms with Crippen molar-refractivity contribution in [2.45, 2.75) is 255 Å². The van der Waals surface area contributed by atoms with Crippen LogP contribution >= 0.6 is 0 Å². The zero-order valence-electron chi connectivity index (χ0n) is 45.3. The van der Waals surface area contributed by atoms with Crippen LogP contribution in [0.4, 0.5) is 0 Å². The number of aliphatic hydroxyl groups is 12. The second-order valence-electron chi connectivity index (χ2n) is 26.6. The SMILES string of the molecule is C[C@@H]1O[C@@H](O[C@H]2[C@H](O[C@H]3[C@H](O[C@H]4CC[C@@]5(C)C(CC[C@]6(C)C5CC=C5[C@@H]7CC(C)(C)C[C@@H](O)[C@]7(C)CC[C@]56C)C4(C)C)O[C@H](C(=O)O)[C@@H](O)[C@@H]3O)O[C@H](CO)[C@H](O)[C@@H]2O[C@@H]2O[C@H](CO)[C@@H](O)[C@H](O)[C@H]2O)[C@H](O)[C@H](O)[C@H]1O. The number of carboxylic acids is 1. The summed E-state index contributed by atoms with van der Waals surface area (Å²) in [4.78, 5) is 12.7. The lowest BCUT2D eigenvalue weighted by molar-refractivity contribution is -0.410. The Labute approximate surface area is 444 Å². The molecule has 22 heteroatoms. The third-order valence-corrected chi connectivity index (χ3v) is 21.5. The number of allylic oxidation sites excluding steroid dienone is 2. The highest BCUT2D eigenvalue weighted by Crippen LogP contribution is 2.76. The lowest BCUT2D eigenvalue weighted by atomic mass is 9.33. The summed E-state index contributed by atoms with van der Waals surface area (Å²) in [6, 6.07) is 0. The van der Waals surface area contributed by atoms with Gasteiger partial charge in [0, 0.05) is 5.41 Å². The molecule has 9 aliphatic rings. The molecule has 29 atom stereocenters. The Morgan fingerprint density at radius 2 is 1.14 bits per heavy atom. The molecular formula is C54H88O22. The number of aliphatic carboxylic acids is 1. The predicted octanol–water partition coefficient (Wildman–Crippen LogP) is -0.444. The van der Waals surface area contributed by atoms with Crippen LogP contribution in [-0.2, 0) is 42.7 Å². The maximum Gasteiger partial charge on any atom is 0.335 e. The Morgan fingerprint density at radius 1 is 0.566 bits per heavy atom. The van der Waals surface area contributed by atoms with Gasteiger partial charge in [0.05, 0.1) is 31.5 Å². The molecule has 4 aliphatic heterocycles. The van der Waals surface area contributed by atoms with Crippen molar-refractivity contribution in [2.75, 3.05) is 13.2 Å². The van der Waals surface area contributed by atoms with E-state index in [-0.39, 0.29) is 45.0 Å². The van der Waals surface area contributed by atoms with Gasteiger partial charge in [-0.15, -0.1) is 0 Å². The quantitative estimate of drug-likeness (QED) is 0.0921. The fourth-order valence-corrected chi connectivity index (χ4v) is 16.6. The molecule has 0 radical (unpaired) electrons. The molecule has 13 N–H and O–H groups in total. The first-order chi connectivity index (χ1) is 35.4. The molecule has 0 bridgehead atoms. The van der Waals surface area contributed by atoms with Crippen LogP contribution in [0.15, 0.2) is 11.6 Å². The fourth-order valence-electron chi connectivity index (χ4n) is 16.6. The monoisotopic (exact) mass is 1090 g/mol. The Bertz CT molecular complexity index is 2110. The first-order valence-electron chi connectivity index (χ1n) is 27.6. The third-order valence-electron chi connectivity index (χ3n) is 21.5. The number of hydrogen-bond donors (Lipinski definition) is 13. The van der Waals surface area contributed by atoms with Gasteiger partial charge < -0.3 is 104 Å². The summed E-state index contributed by atoms with van der Waals surface area (Å²) >= 11 is 0. The van der Waals surface area contributed by atoms with Gasteiger partial charge in [0.1, 0.15) is 85.5 Å². The average molecular weight is 1090 g/mol. The van der Waals surface area contributed by atoms with Gasteiger partial charge in [0.15, 0.2) is 31.3 Å². The normalized spacial score (nSPS) is 55.0. The molecule has 2 unspecified atom stereocenters. The summed E-state index contributed by atoms with van der Waals surface area (Å²) in [5.41, 5.74) is 0.392. The van der Waals surface area contributed by atoms with Crippen LogP contribution in [0.25, 0.3) is 0 Å². The molecule has 9 rings (SSSR count). The van der Waals surface area contributed by atoms with Crippen LogP contribution in [-0.4, -0.2) is 221 Å². The van der Waals surface area contributed by atoms with Gasteiger partial charge in [0.2, 0.25) is 0 Å². The highest BCUT2D eigenvalue weighted by Gasteiger charge is 2.69. The van der Waals surface area contributed by atoms with Gasteiger partial charge in [-0.05, 0) is 110 Å². The number of hydrogen-bond acceptors (Lipinski definition) is 21. The molecule has 0 spiro atoms. The van der Waals surface area contributed by atoms with Crippen molar-refractivity contribution in [1.82, 2.24) is 0 Å². The van der Waals surface area contributed by atoms with Crippen molar-refractivity contribution in [3.8, 4) is 0 Å². The molecule has 8 fully saturated rings. The minimum Gasteiger partial charge on any atom is -0.479 e. The van der Waals surface area contributed by atoms with Gasteiger partial charge in [-0.1, -0.05) is 67.0 Å². The highest BCUT2D eigenvalue weighted by molar-refractivity contribution is 5.73. The lowest BCUT2D eigenvalue weighted by Crippen LogP contribution is -2.69. The van der Waals surface area contributed by atoms with E-state index in [2.05, 4.69) is 61.5 Å². The minimum atomic E-state index is -2.13. The third kappa shape index (κ3) is 9.47. The van der Waals surface area contributed by atoms with Crippen molar-refractivity contribution in [1.29, 1.82) is 0 Å². The van der Waals surface area contributed by atoms with Crippen LogP contribution in [0, 0.1) is 50.2 Å². The predicted molar refractivity (Wildman–Crippen MR) is 262 cm³/mol. The van der Waals surface area contributed by atoms with Crippen molar-refractivity contribution >= 4 is 5.97 Å². The lowest BCUT2D eigenvalue weighted by Gasteiger charge is -2.71. The van der Waals surface area contributed by atoms with Gasteiger partial charge in [-0.25, -0.2) is 4.79 Å². The number of fused-ring (bicyclic) bond motifs is 7. The van der Waals surface area contributed by atoms with Crippen molar-refractivity contribution < 1.29 is 109 Å². The number of rotatable bonds is 11. The van der Waals surface area contributed by atoms with E-state index in [4.69, 9.17) is 37.9 Å². The molecule has 0 aromatic carbocycles. The Hall–Kier alpha value is -1.59. The molecular weight excluding hydrogens is 1000 g/mol. The summed E-state index contributed by atoms with van der Waals surface area (Å²) in [5.74, 6) is -0.959. The number of carbonyl (C=O) groups is 1. The summed E-state index contributed by atoms with van der Waals surface area (Å²) in [7, 11) is 0. The molecule has 4 saturated carbocycles. The van der Waals surface area contributed by atoms with E-state index >= 15 is 0 Å². The summed E-state index contributed by atoms with van der Waals surface area (Å²) in [6.45, 7) is 18.0. The molecule has 4 saturated heterocycles. The minimum absolute atomic E-state index is 0.0106. The zero-order chi connectivity index (χ0) is 55.7. The van der Waals surface area contributed by atoms with Gasteiger partial charge >= 0.3 is 5.97 Å². The van der Waals surface area contributed by atoms with Crippen molar-refractivity contribution in [2.24, 2.45) is 50.2 Å². The van der Waals surface area contributed by atoms with Crippen LogP contribution in [0.2, 0.25) is 0 Å². The van der Waals surface area contributed by atoms with Gasteiger partial charge in [0.25, 0.3) is 0 Å². The second-order valence-corrected chi connectivity index (χ2v) is 26.6. The van der Waals surface area contributed by atoms with Crippen LogP contribution in [0.3, 0.4) is 0 Å².